The molecule has 0 aliphatic carbocycles. The van der Waals surface area contributed by atoms with Crippen molar-refractivity contribution in [3.63, 3.8) is 0 Å². The average Bonchev–Trinajstić information content (AvgIpc) is 2.76. The molecule has 1 atom stereocenters. The van der Waals surface area contributed by atoms with Crippen LogP contribution in [-0.2, 0) is 4.79 Å². The van der Waals surface area contributed by atoms with Crippen molar-refractivity contribution in [3.05, 3.63) is 5.21 Å². The molecule has 1 unspecified atom stereocenters. The Morgan fingerprint density at radius 3 is 1.52 bits per heavy atom. The lowest BCUT2D eigenvalue weighted by atomic mass is 10.0. The lowest BCUT2D eigenvalue weighted by Crippen LogP contribution is -3.10. The van der Waals surface area contributed by atoms with Crippen LogP contribution in [0.4, 0.5) is 0 Å². The molecular formula is C25H52N2O4. The number of unbranched alkanes of at least 4 members (excludes halogenated alkanes) is 14. The number of nitrogens with zero attached hydrogens (tertiary/aromatic N) is 1. The van der Waals surface area contributed by atoms with E-state index in [-0.39, 0.29) is 30.7 Å². The lowest BCUT2D eigenvalue weighted by Gasteiger charge is -2.23. The minimum absolute atomic E-state index is 0.0338. The molecule has 0 aromatic rings. The predicted molar refractivity (Wildman–Crippen MR) is 129 cm³/mol. The van der Waals surface area contributed by atoms with Crippen molar-refractivity contribution < 1.29 is 20.1 Å². The fourth-order valence-corrected chi connectivity index (χ4v) is 4.02. The standard InChI is InChI=1S/C25H52N2O4/c1-2-3-4-5-6-7-8-9-10-11-12-13-14-15-16-18-25(30)27(31)20-17-19-26(21-23-28)22-24-29/h27-29H,2-24H2,1H3. The van der Waals surface area contributed by atoms with E-state index in [1.807, 2.05) is 4.90 Å². The summed E-state index contributed by atoms with van der Waals surface area (Å²) in [4.78, 5) is 13.9. The highest BCUT2D eigenvalue weighted by Crippen LogP contribution is 2.13. The monoisotopic (exact) mass is 444 g/mol. The van der Waals surface area contributed by atoms with Gasteiger partial charge in [0, 0.05) is 26.1 Å². The Hall–Kier alpha value is -0.530. The number of hydroxylamine groups is 2. The molecule has 186 valence electrons. The molecule has 0 bridgehead atoms. The van der Waals surface area contributed by atoms with Crippen LogP contribution in [0.25, 0.3) is 0 Å². The second kappa shape index (κ2) is 24.1. The van der Waals surface area contributed by atoms with Crippen LogP contribution in [0.5, 0.6) is 0 Å². The summed E-state index contributed by atoms with van der Waals surface area (Å²) in [6.07, 6.45) is 20.3. The molecule has 0 spiro atoms. The Labute approximate surface area is 192 Å². The van der Waals surface area contributed by atoms with Gasteiger partial charge in [-0.15, -0.1) is 0 Å². The van der Waals surface area contributed by atoms with Gasteiger partial charge in [-0.1, -0.05) is 96.8 Å². The summed E-state index contributed by atoms with van der Waals surface area (Å²) >= 11 is 0. The van der Waals surface area contributed by atoms with Gasteiger partial charge in [0.05, 0.1) is 26.2 Å². The highest BCUT2D eigenvalue weighted by molar-refractivity contribution is 5.66. The summed E-state index contributed by atoms with van der Waals surface area (Å²) in [5, 5.41) is 29.6. The predicted octanol–water partition coefficient (Wildman–Crippen LogP) is 3.83. The summed E-state index contributed by atoms with van der Waals surface area (Å²) in [5.74, 6) is -0.231. The molecule has 3 N–H and O–H groups in total. The number of aliphatic hydroxyl groups is 2. The van der Waals surface area contributed by atoms with Crippen LogP contribution in [0.2, 0.25) is 0 Å². The highest BCUT2D eigenvalue weighted by Gasteiger charge is 2.11. The minimum Gasteiger partial charge on any atom is -0.627 e. The first-order valence-corrected chi connectivity index (χ1v) is 13.2. The molecule has 6 heteroatoms. The van der Waals surface area contributed by atoms with Crippen molar-refractivity contribution in [2.45, 2.75) is 116 Å². The number of hydrogen-bond acceptors (Lipinski definition) is 5. The topological polar surface area (TPSA) is 88.3 Å². The van der Waals surface area contributed by atoms with Crippen molar-refractivity contribution in [2.75, 3.05) is 39.4 Å². The normalized spacial score (nSPS) is 12.5. The molecule has 0 aromatic carbocycles. The van der Waals surface area contributed by atoms with Crippen LogP contribution in [0.15, 0.2) is 0 Å². The van der Waals surface area contributed by atoms with E-state index in [1.165, 1.54) is 77.0 Å². The molecule has 0 aromatic heterocycles. The number of quaternary nitrogens is 1. The van der Waals surface area contributed by atoms with Crippen molar-refractivity contribution >= 4 is 5.91 Å². The van der Waals surface area contributed by atoms with E-state index >= 15 is 0 Å². The first-order chi connectivity index (χ1) is 15.2. The van der Waals surface area contributed by atoms with Gasteiger partial charge in [-0.25, -0.2) is 4.79 Å². The second-order valence-corrected chi connectivity index (χ2v) is 8.94. The zero-order valence-corrected chi connectivity index (χ0v) is 20.4. The van der Waals surface area contributed by atoms with Gasteiger partial charge in [-0.05, 0) is 6.42 Å². The third kappa shape index (κ3) is 21.1. The molecule has 1 amide bonds. The van der Waals surface area contributed by atoms with Gasteiger partial charge in [-0.3, -0.25) is 4.90 Å². The molecule has 0 heterocycles. The SMILES string of the molecule is CCCCCCCCCCCCCCCCCC(=O)[NH+]([O-])CCCN(CCO)CCO. The van der Waals surface area contributed by atoms with Crippen LogP contribution in [0, 0.1) is 5.21 Å². The van der Waals surface area contributed by atoms with Crippen LogP contribution in [0.1, 0.15) is 116 Å². The third-order valence-electron chi connectivity index (χ3n) is 6.03. The zero-order valence-electron chi connectivity index (χ0n) is 20.4. The Balaban J connectivity index is 3.43. The number of rotatable bonds is 24. The van der Waals surface area contributed by atoms with E-state index in [0.717, 1.165) is 19.3 Å². The Morgan fingerprint density at radius 1 is 0.677 bits per heavy atom. The fraction of sp³-hybridized carbons (Fsp3) is 0.960. The van der Waals surface area contributed by atoms with Gasteiger partial charge in [0.1, 0.15) is 0 Å². The Kier molecular flexibility index (Phi) is 23.7. The van der Waals surface area contributed by atoms with E-state index in [0.29, 0.717) is 32.5 Å². The average molecular weight is 445 g/mol. The van der Waals surface area contributed by atoms with Gasteiger partial charge >= 0.3 is 5.91 Å². The number of carbonyl (C=O) groups is 1. The number of hydrogen-bond donors (Lipinski definition) is 3. The van der Waals surface area contributed by atoms with Crippen molar-refractivity contribution in [1.82, 2.24) is 4.90 Å². The Morgan fingerprint density at radius 2 is 1.10 bits per heavy atom. The smallest absolute Gasteiger partial charge is 0.312 e. The summed E-state index contributed by atoms with van der Waals surface area (Å²) in [6, 6.07) is 0. The number of aliphatic hydroxyl groups excluding tert-OH is 2. The Bertz CT molecular complexity index is 377. The van der Waals surface area contributed by atoms with E-state index in [1.54, 1.807) is 0 Å². The van der Waals surface area contributed by atoms with E-state index < -0.39 is 0 Å². The van der Waals surface area contributed by atoms with Crippen molar-refractivity contribution in [2.24, 2.45) is 0 Å². The maximum atomic E-state index is 12.0. The zero-order chi connectivity index (χ0) is 23.0. The summed E-state index contributed by atoms with van der Waals surface area (Å²) < 4.78 is 0. The number of carbonyl (C=O) groups excluding carboxylic acids is 1. The molecule has 0 radical (unpaired) electrons. The number of nitrogens with one attached hydrogen (secondary N) is 1. The maximum Gasteiger partial charge on any atom is 0.312 e. The first-order valence-electron chi connectivity index (χ1n) is 13.2. The van der Waals surface area contributed by atoms with Gasteiger partial charge in [0.2, 0.25) is 0 Å². The summed E-state index contributed by atoms with van der Waals surface area (Å²) in [7, 11) is 0. The van der Waals surface area contributed by atoms with Crippen LogP contribution >= 0.6 is 0 Å². The van der Waals surface area contributed by atoms with E-state index in [9.17, 15) is 10.0 Å². The molecule has 0 saturated carbocycles. The van der Waals surface area contributed by atoms with Gasteiger partial charge in [0.25, 0.3) is 0 Å². The highest BCUT2D eigenvalue weighted by atomic mass is 16.5. The maximum absolute atomic E-state index is 12.0. The fourth-order valence-electron chi connectivity index (χ4n) is 4.02. The molecule has 31 heavy (non-hydrogen) atoms. The van der Waals surface area contributed by atoms with Gasteiger partial charge in [0.15, 0.2) is 0 Å². The molecule has 6 nitrogen and oxygen atoms in total. The van der Waals surface area contributed by atoms with Gasteiger partial charge < -0.3 is 20.5 Å². The van der Waals surface area contributed by atoms with E-state index in [4.69, 9.17) is 10.2 Å². The molecule has 0 saturated heterocycles. The lowest BCUT2D eigenvalue weighted by molar-refractivity contribution is -0.765. The second-order valence-electron chi connectivity index (χ2n) is 8.94. The largest absolute Gasteiger partial charge is 0.627 e. The molecule has 0 rings (SSSR count). The van der Waals surface area contributed by atoms with Crippen molar-refractivity contribution in [1.29, 1.82) is 0 Å². The van der Waals surface area contributed by atoms with Crippen LogP contribution in [-0.4, -0.2) is 60.4 Å². The molecular weight excluding hydrogens is 392 g/mol. The summed E-state index contributed by atoms with van der Waals surface area (Å²) in [5.41, 5.74) is 0. The minimum atomic E-state index is -0.265. The molecule has 0 aliphatic heterocycles. The third-order valence-corrected chi connectivity index (χ3v) is 6.03. The quantitative estimate of drug-likeness (QED) is 0.156. The van der Waals surface area contributed by atoms with Crippen LogP contribution in [0.3, 0.4) is 0 Å². The molecule has 0 aliphatic rings. The van der Waals surface area contributed by atoms with Crippen molar-refractivity contribution in [3.8, 4) is 0 Å². The summed E-state index contributed by atoms with van der Waals surface area (Å²) in [6.45, 7) is 4.20. The first kappa shape index (κ1) is 30.5. The van der Waals surface area contributed by atoms with E-state index in [2.05, 4.69) is 6.92 Å². The molecule has 0 fully saturated rings. The number of amides is 1. The van der Waals surface area contributed by atoms with Gasteiger partial charge in [-0.2, -0.15) is 0 Å². The van der Waals surface area contributed by atoms with Crippen LogP contribution < -0.4 is 5.06 Å².